The van der Waals surface area contributed by atoms with E-state index in [4.69, 9.17) is 37.0 Å². The summed E-state index contributed by atoms with van der Waals surface area (Å²) < 4.78 is 68.4. The van der Waals surface area contributed by atoms with Crippen LogP contribution in [0.25, 0.3) is 0 Å². The van der Waals surface area contributed by atoms with E-state index in [0.29, 0.717) is 25.7 Å². The minimum Gasteiger partial charge on any atom is -0.462 e. The number of phosphoric acid groups is 2. The largest absolute Gasteiger partial charge is 0.472 e. The lowest BCUT2D eigenvalue weighted by atomic mass is 10.0. The predicted molar refractivity (Wildman–Crippen MR) is 390 cm³/mol. The van der Waals surface area contributed by atoms with Crippen LogP contribution in [0.4, 0.5) is 0 Å². The van der Waals surface area contributed by atoms with Crippen molar-refractivity contribution < 1.29 is 80.2 Å². The van der Waals surface area contributed by atoms with Crippen molar-refractivity contribution in [3.05, 3.63) is 72.9 Å². The fourth-order valence-electron chi connectivity index (χ4n) is 10.3. The number of aliphatic hydroxyl groups is 1. The highest BCUT2D eigenvalue weighted by molar-refractivity contribution is 7.47. The molecule has 19 heteroatoms. The third kappa shape index (κ3) is 69.0. The second-order valence-electron chi connectivity index (χ2n) is 25.6. The van der Waals surface area contributed by atoms with Gasteiger partial charge in [0, 0.05) is 25.7 Å². The fraction of sp³-hybridized carbons (Fsp3) is 0.792. The van der Waals surface area contributed by atoms with E-state index in [-0.39, 0.29) is 25.7 Å². The zero-order chi connectivity index (χ0) is 70.4. The molecule has 0 radical (unpaired) electrons. The van der Waals surface area contributed by atoms with Crippen molar-refractivity contribution in [1.29, 1.82) is 0 Å². The molecule has 0 heterocycles. The van der Waals surface area contributed by atoms with Crippen molar-refractivity contribution in [2.75, 3.05) is 39.6 Å². The molecule has 0 bridgehead atoms. The van der Waals surface area contributed by atoms with Crippen molar-refractivity contribution in [3.63, 3.8) is 0 Å². The van der Waals surface area contributed by atoms with E-state index >= 15 is 0 Å². The Morgan fingerprint density at radius 3 is 0.896 bits per heavy atom. The molecule has 3 N–H and O–H groups in total. The molecule has 0 aliphatic rings. The van der Waals surface area contributed by atoms with Gasteiger partial charge in [0.25, 0.3) is 0 Å². The van der Waals surface area contributed by atoms with Crippen molar-refractivity contribution >= 4 is 39.5 Å². The van der Waals surface area contributed by atoms with Gasteiger partial charge in [-0.1, -0.05) is 274 Å². The first-order chi connectivity index (χ1) is 46.7. The Labute approximate surface area is 583 Å². The maximum Gasteiger partial charge on any atom is 0.472 e. The van der Waals surface area contributed by atoms with Crippen LogP contribution < -0.4 is 0 Å². The molecular weight excluding hydrogens is 1260 g/mol. The van der Waals surface area contributed by atoms with Gasteiger partial charge in [0.05, 0.1) is 26.4 Å². The van der Waals surface area contributed by atoms with Gasteiger partial charge in [-0.15, -0.1) is 0 Å². The summed E-state index contributed by atoms with van der Waals surface area (Å²) >= 11 is 0. The number of ether oxygens (including phenoxy) is 4. The summed E-state index contributed by atoms with van der Waals surface area (Å²) in [6.07, 6.45) is 69.0. The summed E-state index contributed by atoms with van der Waals surface area (Å²) in [5, 5.41) is 10.6. The van der Waals surface area contributed by atoms with Crippen molar-refractivity contribution in [2.45, 2.75) is 354 Å². The van der Waals surface area contributed by atoms with E-state index in [1.165, 1.54) is 122 Å². The van der Waals surface area contributed by atoms with Gasteiger partial charge in [-0.05, 0) is 109 Å². The van der Waals surface area contributed by atoms with Crippen molar-refractivity contribution in [3.8, 4) is 0 Å². The quantitative estimate of drug-likeness (QED) is 0.0169. The normalized spacial score (nSPS) is 14.4. The molecule has 0 saturated heterocycles. The number of carbonyl (C=O) groups is 4. The molecule has 96 heavy (non-hydrogen) atoms. The van der Waals surface area contributed by atoms with Gasteiger partial charge in [-0.3, -0.25) is 37.3 Å². The van der Waals surface area contributed by atoms with E-state index in [1.807, 2.05) is 0 Å². The topological polar surface area (TPSA) is 237 Å². The minimum atomic E-state index is -4.98. The summed E-state index contributed by atoms with van der Waals surface area (Å²) in [7, 11) is -9.95. The highest BCUT2D eigenvalue weighted by atomic mass is 31.2. The summed E-state index contributed by atoms with van der Waals surface area (Å²) in [6, 6.07) is 0. The first-order valence-electron chi connectivity index (χ1n) is 38.2. The van der Waals surface area contributed by atoms with Crippen LogP contribution in [0.1, 0.15) is 336 Å². The average molecular weight is 1400 g/mol. The number of hydrogen-bond acceptors (Lipinski definition) is 15. The van der Waals surface area contributed by atoms with Gasteiger partial charge >= 0.3 is 39.5 Å². The van der Waals surface area contributed by atoms with Gasteiger partial charge in [0.15, 0.2) is 12.2 Å². The number of carbonyl (C=O) groups excluding carboxylic acids is 4. The molecule has 0 aromatic heterocycles. The van der Waals surface area contributed by atoms with Gasteiger partial charge in [-0.2, -0.15) is 0 Å². The van der Waals surface area contributed by atoms with Crippen LogP contribution in [0.3, 0.4) is 0 Å². The van der Waals surface area contributed by atoms with Crippen LogP contribution in [0, 0.1) is 0 Å². The number of hydrogen-bond donors (Lipinski definition) is 3. The molecule has 0 aliphatic heterocycles. The van der Waals surface area contributed by atoms with E-state index in [0.717, 1.165) is 135 Å². The maximum absolute atomic E-state index is 13.1. The fourth-order valence-corrected chi connectivity index (χ4v) is 11.9. The monoisotopic (exact) mass is 1400 g/mol. The van der Waals surface area contributed by atoms with Crippen LogP contribution in [-0.2, 0) is 65.4 Å². The van der Waals surface area contributed by atoms with Gasteiger partial charge < -0.3 is 33.8 Å². The Morgan fingerprint density at radius 2 is 0.552 bits per heavy atom. The molecule has 17 nitrogen and oxygen atoms in total. The summed E-state index contributed by atoms with van der Waals surface area (Å²) in [6.45, 7) is 4.69. The second-order valence-corrected chi connectivity index (χ2v) is 28.5. The Bertz CT molecular complexity index is 2110. The second kappa shape index (κ2) is 70.0. The first-order valence-corrected chi connectivity index (χ1v) is 41.2. The number of aliphatic hydroxyl groups excluding tert-OH is 1. The molecule has 0 spiro atoms. The molecule has 0 fully saturated rings. The summed E-state index contributed by atoms with van der Waals surface area (Å²) in [4.78, 5) is 72.8. The van der Waals surface area contributed by atoms with E-state index in [1.54, 1.807) is 0 Å². The summed E-state index contributed by atoms with van der Waals surface area (Å²) in [5.41, 5.74) is 0. The Kier molecular flexibility index (Phi) is 67.4. The minimum absolute atomic E-state index is 0.0781. The molecular formula is C77H138O17P2. The number of esters is 4. The van der Waals surface area contributed by atoms with Gasteiger partial charge in [-0.25, -0.2) is 9.13 Å². The Morgan fingerprint density at radius 1 is 0.302 bits per heavy atom. The average Bonchev–Trinajstić information content (AvgIpc) is 1.09. The zero-order valence-electron chi connectivity index (χ0n) is 60.8. The van der Waals surface area contributed by atoms with Crippen LogP contribution in [0.15, 0.2) is 72.9 Å². The standard InChI is InChI=1S/C77H138O17P2/c1-5-9-13-17-21-25-29-32-35-38-42-45-49-53-57-61-74(79)87-67-72(93-76(81)63-59-55-51-47-41-28-24-20-16-12-8-4)69-91-95(83,84)89-65-71(78)66-90-96(85,86)92-70-73(94-77(82)64-60-56-52-48-44-40-37-34-31-27-23-19-15-11-7-3)68-88-75(80)62-58-54-50-46-43-39-36-33-30-26-22-18-14-10-6-2/h10,14,20,22,24,26,33-34,36-37,43,46,71-73,78H,5-9,11-13,15-19,21,23,25,27-32,35,38-42,44-45,47-70H2,1-4H3,(H,83,84)(H,85,86)/b14-10-,24-20-,26-22-,36-33-,37-34-,46-43-. The molecule has 0 amide bonds. The molecule has 558 valence electrons. The molecule has 0 saturated carbocycles. The first kappa shape index (κ1) is 92.5. The highest BCUT2D eigenvalue weighted by Crippen LogP contribution is 2.45. The van der Waals surface area contributed by atoms with E-state index < -0.39 is 97.5 Å². The molecule has 0 aromatic rings. The molecule has 0 aromatic carbocycles. The number of rotatable bonds is 72. The lowest BCUT2D eigenvalue weighted by Crippen LogP contribution is -2.30. The Balaban J connectivity index is 5.34. The predicted octanol–water partition coefficient (Wildman–Crippen LogP) is 21.7. The maximum atomic E-state index is 13.1. The molecule has 5 atom stereocenters. The van der Waals surface area contributed by atoms with Crippen LogP contribution in [0.5, 0.6) is 0 Å². The Hall–Kier alpha value is -3.50. The lowest BCUT2D eigenvalue weighted by molar-refractivity contribution is -0.161. The number of allylic oxidation sites excluding steroid dienone is 12. The third-order valence-corrected chi connectivity index (χ3v) is 18.1. The molecule has 0 aliphatic carbocycles. The zero-order valence-corrected chi connectivity index (χ0v) is 62.6. The molecule has 5 unspecified atom stereocenters. The van der Waals surface area contributed by atoms with Gasteiger partial charge in [0.2, 0.25) is 0 Å². The van der Waals surface area contributed by atoms with Crippen molar-refractivity contribution in [2.24, 2.45) is 0 Å². The smallest absolute Gasteiger partial charge is 0.462 e. The van der Waals surface area contributed by atoms with Crippen LogP contribution >= 0.6 is 15.6 Å². The number of unbranched alkanes of at least 4 members (excludes halogenated alkanes) is 34. The van der Waals surface area contributed by atoms with Crippen LogP contribution in [-0.4, -0.2) is 96.7 Å². The van der Waals surface area contributed by atoms with Gasteiger partial charge in [0.1, 0.15) is 19.3 Å². The lowest BCUT2D eigenvalue weighted by Gasteiger charge is -2.21. The number of phosphoric ester groups is 2. The SMILES string of the molecule is CC/C=C\C/C=C\C/C=C\C/C=C\CCCCC(=O)OCC(COP(=O)(O)OCC(O)COP(=O)(O)OCC(COC(=O)CCCCCCCCCCCCCCCCC)OC(=O)CCCCCCC/C=C\CCCC)OC(=O)CCCCCCC/C=C\CCCCCCCC. The summed E-state index contributed by atoms with van der Waals surface area (Å²) in [5.74, 6) is -2.22. The highest BCUT2D eigenvalue weighted by Gasteiger charge is 2.30. The molecule has 0 rings (SSSR count). The van der Waals surface area contributed by atoms with Crippen molar-refractivity contribution in [1.82, 2.24) is 0 Å². The van der Waals surface area contributed by atoms with E-state index in [2.05, 4.69) is 101 Å². The van der Waals surface area contributed by atoms with Crippen LogP contribution in [0.2, 0.25) is 0 Å². The third-order valence-electron chi connectivity index (χ3n) is 16.2. The van der Waals surface area contributed by atoms with E-state index in [9.17, 15) is 43.2 Å².